The van der Waals surface area contributed by atoms with Crippen LogP contribution >= 0.6 is 23.2 Å². The lowest BCUT2D eigenvalue weighted by molar-refractivity contribution is -0.141. The number of nitrogens with zero attached hydrogens (tertiary/aromatic N) is 3. The summed E-state index contributed by atoms with van der Waals surface area (Å²) < 4.78 is 38.2. The summed E-state index contributed by atoms with van der Waals surface area (Å²) in [4.78, 5) is 3.79. The average Bonchev–Trinajstić information content (AvgIpc) is 2.70. The summed E-state index contributed by atoms with van der Waals surface area (Å²) in [5.74, 6) is 0. The SMILES string of the molecule is FC(F)(F)c1ccn(Cc2ccc(Cl)nc2Cl)n1. The standard InChI is InChI=1S/C10H6Cl2F3N3/c11-8-2-1-6(9(12)16-8)5-18-4-3-7(17-18)10(13,14)15/h1-4H,5H2. The lowest BCUT2D eigenvalue weighted by Gasteiger charge is -2.05. The van der Waals surface area contributed by atoms with Gasteiger partial charge in [-0.1, -0.05) is 29.3 Å². The van der Waals surface area contributed by atoms with E-state index in [-0.39, 0.29) is 16.9 Å². The summed E-state index contributed by atoms with van der Waals surface area (Å²) in [5, 5.41) is 3.78. The Kier molecular flexibility index (Phi) is 3.49. The molecular formula is C10H6Cl2F3N3. The molecule has 0 fully saturated rings. The van der Waals surface area contributed by atoms with E-state index >= 15 is 0 Å². The Bertz CT molecular complexity index is 566. The monoisotopic (exact) mass is 295 g/mol. The molecule has 18 heavy (non-hydrogen) atoms. The second kappa shape index (κ2) is 4.78. The summed E-state index contributed by atoms with van der Waals surface area (Å²) in [6, 6.07) is 4.00. The van der Waals surface area contributed by atoms with Gasteiger partial charge in [0.1, 0.15) is 10.3 Å². The number of aromatic nitrogens is 3. The van der Waals surface area contributed by atoms with Crippen LogP contribution in [0.2, 0.25) is 10.3 Å². The second-order valence-electron chi connectivity index (χ2n) is 3.48. The molecular weight excluding hydrogens is 290 g/mol. The fourth-order valence-electron chi connectivity index (χ4n) is 1.33. The van der Waals surface area contributed by atoms with Crippen LogP contribution in [0.4, 0.5) is 13.2 Å². The summed E-state index contributed by atoms with van der Waals surface area (Å²) in [6.07, 6.45) is -3.22. The number of hydrogen-bond donors (Lipinski definition) is 0. The maximum absolute atomic E-state index is 12.3. The molecule has 0 saturated heterocycles. The minimum absolute atomic E-state index is 0.0963. The highest BCUT2D eigenvalue weighted by molar-refractivity contribution is 6.32. The van der Waals surface area contributed by atoms with Crippen molar-refractivity contribution in [3.8, 4) is 0 Å². The smallest absolute Gasteiger partial charge is 0.268 e. The van der Waals surface area contributed by atoms with Crippen LogP contribution < -0.4 is 0 Å². The topological polar surface area (TPSA) is 30.7 Å². The van der Waals surface area contributed by atoms with Gasteiger partial charge in [-0.25, -0.2) is 4.98 Å². The fraction of sp³-hybridized carbons (Fsp3) is 0.200. The van der Waals surface area contributed by atoms with E-state index in [4.69, 9.17) is 23.2 Å². The van der Waals surface area contributed by atoms with Crippen LogP contribution in [0.25, 0.3) is 0 Å². The molecule has 3 nitrogen and oxygen atoms in total. The van der Waals surface area contributed by atoms with Gasteiger partial charge in [0, 0.05) is 11.8 Å². The molecule has 2 aromatic heterocycles. The van der Waals surface area contributed by atoms with Crippen LogP contribution in [0.1, 0.15) is 11.3 Å². The molecule has 0 aliphatic heterocycles. The van der Waals surface area contributed by atoms with E-state index in [0.29, 0.717) is 5.56 Å². The summed E-state index contributed by atoms with van der Waals surface area (Å²) in [6.45, 7) is 0.0963. The minimum atomic E-state index is -4.45. The van der Waals surface area contributed by atoms with Gasteiger partial charge in [0.05, 0.1) is 6.54 Å². The second-order valence-corrected chi connectivity index (χ2v) is 4.23. The van der Waals surface area contributed by atoms with Crippen LogP contribution in [0.15, 0.2) is 24.4 Å². The van der Waals surface area contributed by atoms with E-state index in [1.165, 1.54) is 12.3 Å². The van der Waals surface area contributed by atoms with E-state index in [2.05, 4.69) is 10.1 Å². The van der Waals surface area contributed by atoms with Crippen molar-refractivity contribution in [3.05, 3.63) is 46.0 Å². The molecule has 0 amide bonds. The van der Waals surface area contributed by atoms with Gasteiger partial charge in [-0.2, -0.15) is 18.3 Å². The first-order valence-corrected chi connectivity index (χ1v) is 5.53. The van der Waals surface area contributed by atoms with Crippen LogP contribution in [-0.2, 0) is 12.7 Å². The van der Waals surface area contributed by atoms with Crippen molar-refractivity contribution >= 4 is 23.2 Å². The van der Waals surface area contributed by atoms with Crippen molar-refractivity contribution in [2.45, 2.75) is 12.7 Å². The highest BCUT2D eigenvalue weighted by Gasteiger charge is 2.33. The number of alkyl halides is 3. The lowest BCUT2D eigenvalue weighted by Crippen LogP contribution is -2.08. The molecule has 0 N–H and O–H groups in total. The minimum Gasteiger partial charge on any atom is -0.268 e. The molecule has 0 aliphatic carbocycles. The lowest BCUT2D eigenvalue weighted by atomic mass is 10.3. The third kappa shape index (κ3) is 2.94. The fourth-order valence-corrected chi connectivity index (χ4v) is 1.74. The summed E-state index contributed by atoms with van der Waals surface area (Å²) in [7, 11) is 0. The molecule has 2 aromatic rings. The van der Waals surface area contributed by atoms with Crippen molar-refractivity contribution in [3.63, 3.8) is 0 Å². The van der Waals surface area contributed by atoms with Crippen LogP contribution in [-0.4, -0.2) is 14.8 Å². The van der Waals surface area contributed by atoms with Gasteiger partial charge < -0.3 is 0 Å². The predicted octanol–water partition coefficient (Wildman–Crippen LogP) is 3.65. The molecule has 0 saturated carbocycles. The van der Waals surface area contributed by atoms with E-state index in [9.17, 15) is 13.2 Å². The average molecular weight is 296 g/mol. The number of rotatable bonds is 2. The number of halogens is 5. The third-order valence-corrected chi connectivity index (χ3v) is 2.69. The predicted molar refractivity (Wildman–Crippen MR) is 60.6 cm³/mol. The normalized spacial score (nSPS) is 11.8. The molecule has 0 unspecified atom stereocenters. The van der Waals surface area contributed by atoms with Crippen molar-refractivity contribution in [2.24, 2.45) is 0 Å². The number of hydrogen-bond acceptors (Lipinski definition) is 2. The van der Waals surface area contributed by atoms with Gasteiger partial charge in [0.25, 0.3) is 0 Å². The summed E-state index contributed by atoms with van der Waals surface area (Å²) in [5.41, 5.74) is -0.404. The van der Waals surface area contributed by atoms with Gasteiger partial charge in [-0.05, 0) is 12.1 Å². The maximum Gasteiger partial charge on any atom is 0.435 e. The zero-order chi connectivity index (χ0) is 13.3. The Hall–Kier alpha value is -1.27. The maximum atomic E-state index is 12.3. The highest BCUT2D eigenvalue weighted by atomic mass is 35.5. The van der Waals surface area contributed by atoms with Crippen molar-refractivity contribution < 1.29 is 13.2 Å². The molecule has 0 bridgehead atoms. The molecule has 8 heteroatoms. The van der Waals surface area contributed by atoms with Gasteiger partial charge in [0.15, 0.2) is 5.69 Å². The first-order chi connectivity index (χ1) is 8.36. The van der Waals surface area contributed by atoms with Crippen molar-refractivity contribution in [2.75, 3.05) is 0 Å². The molecule has 0 atom stereocenters. The van der Waals surface area contributed by atoms with Gasteiger partial charge in [-0.3, -0.25) is 4.68 Å². The number of pyridine rings is 1. The molecule has 2 heterocycles. The van der Waals surface area contributed by atoms with Crippen LogP contribution in [0.3, 0.4) is 0 Å². The largest absolute Gasteiger partial charge is 0.435 e. The zero-order valence-electron chi connectivity index (χ0n) is 8.75. The highest BCUT2D eigenvalue weighted by Crippen LogP contribution is 2.27. The Balaban J connectivity index is 2.21. The van der Waals surface area contributed by atoms with E-state index in [1.807, 2.05) is 0 Å². The zero-order valence-corrected chi connectivity index (χ0v) is 10.3. The quantitative estimate of drug-likeness (QED) is 0.792. The first-order valence-electron chi connectivity index (χ1n) is 4.78. The first kappa shape index (κ1) is 13.2. The molecule has 96 valence electrons. The Morgan fingerprint density at radius 3 is 2.44 bits per heavy atom. The molecule has 0 aromatic carbocycles. The van der Waals surface area contributed by atoms with E-state index in [1.54, 1.807) is 6.07 Å². The van der Waals surface area contributed by atoms with Gasteiger partial charge in [-0.15, -0.1) is 0 Å². The van der Waals surface area contributed by atoms with Crippen molar-refractivity contribution in [1.82, 2.24) is 14.8 Å². The Morgan fingerprint density at radius 1 is 1.17 bits per heavy atom. The van der Waals surface area contributed by atoms with Gasteiger partial charge >= 0.3 is 6.18 Å². The Labute approximate surface area is 110 Å². The van der Waals surface area contributed by atoms with Crippen LogP contribution in [0.5, 0.6) is 0 Å². The third-order valence-electron chi connectivity index (χ3n) is 2.16. The van der Waals surface area contributed by atoms with E-state index in [0.717, 1.165) is 10.7 Å². The molecule has 0 radical (unpaired) electrons. The molecule has 2 rings (SSSR count). The summed E-state index contributed by atoms with van der Waals surface area (Å²) >= 11 is 11.4. The van der Waals surface area contributed by atoms with Crippen LogP contribution in [0, 0.1) is 0 Å². The Morgan fingerprint density at radius 2 is 1.89 bits per heavy atom. The molecule has 0 aliphatic rings. The van der Waals surface area contributed by atoms with Crippen molar-refractivity contribution in [1.29, 1.82) is 0 Å². The van der Waals surface area contributed by atoms with Gasteiger partial charge in [0.2, 0.25) is 0 Å². The molecule has 0 spiro atoms. The van der Waals surface area contributed by atoms with E-state index < -0.39 is 11.9 Å².